The average Bonchev–Trinajstić information content (AvgIpc) is 2.43. The van der Waals surface area contributed by atoms with E-state index in [1.807, 2.05) is 18.2 Å². The van der Waals surface area contributed by atoms with E-state index in [0.29, 0.717) is 35.9 Å². The van der Waals surface area contributed by atoms with E-state index >= 15 is 0 Å². The molecule has 0 fully saturated rings. The maximum absolute atomic E-state index is 6.23. The van der Waals surface area contributed by atoms with Crippen molar-refractivity contribution in [2.24, 2.45) is 0 Å². The quantitative estimate of drug-likeness (QED) is 0.669. The Kier molecular flexibility index (Phi) is 9.23. The summed E-state index contributed by atoms with van der Waals surface area (Å²) in [7, 11) is 1.67. The first-order chi connectivity index (χ1) is 9.69. The molecule has 0 aliphatic heterocycles. The minimum atomic E-state index is 0.332. The monoisotopic (exact) mass is 319 g/mol. The van der Waals surface area contributed by atoms with Gasteiger partial charge in [-0.05, 0) is 31.0 Å². The van der Waals surface area contributed by atoms with Crippen molar-refractivity contribution in [2.45, 2.75) is 25.8 Å². The first-order valence-corrected chi connectivity index (χ1v) is 7.67. The van der Waals surface area contributed by atoms with Gasteiger partial charge in [0.05, 0.1) is 23.3 Å². The van der Waals surface area contributed by atoms with Gasteiger partial charge in [0, 0.05) is 19.8 Å². The van der Waals surface area contributed by atoms with Crippen molar-refractivity contribution in [3.63, 3.8) is 0 Å². The second kappa shape index (κ2) is 10.4. The summed E-state index contributed by atoms with van der Waals surface area (Å²) in [5, 5.41) is 4.71. The van der Waals surface area contributed by atoms with Crippen molar-refractivity contribution < 1.29 is 9.47 Å². The van der Waals surface area contributed by atoms with Crippen LogP contribution in [0.1, 0.15) is 18.9 Å². The summed E-state index contributed by atoms with van der Waals surface area (Å²) in [5.74, 6) is 0. The minimum Gasteiger partial charge on any atom is -0.382 e. The standard InChI is InChI=1S/C15H23Cl2NO2/c1-3-18-13(7-8-20-10-9-19-2)11-12-5-4-6-14(16)15(12)17/h4-6,13,18H,3,7-11H2,1-2H3. The summed E-state index contributed by atoms with van der Waals surface area (Å²) in [4.78, 5) is 0. The maximum atomic E-state index is 6.23. The third-order valence-electron chi connectivity index (χ3n) is 3.03. The van der Waals surface area contributed by atoms with Gasteiger partial charge in [-0.1, -0.05) is 42.3 Å². The normalized spacial score (nSPS) is 12.6. The van der Waals surface area contributed by atoms with Gasteiger partial charge < -0.3 is 14.8 Å². The third kappa shape index (κ3) is 6.42. The van der Waals surface area contributed by atoms with Crippen molar-refractivity contribution in [1.82, 2.24) is 5.32 Å². The van der Waals surface area contributed by atoms with E-state index in [4.69, 9.17) is 32.7 Å². The minimum absolute atomic E-state index is 0.332. The van der Waals surface area contributed by atoms with Crippen molar-refractivity contribution in [3.05, 3.63) is 33.8 Å². The lowest BCUT2D eigenvalue weighted by atomic mass is 10.0. The summed E-state index contributed by atoms with van der Waals surface area (Å²) in [6, 6.07) is 6.09. The molecule has 0 aromatic heterocycles. The van der Waals surface area contributed by atoms with Crippen LogP contribution in [0.15, 0.2) is 18.2 Å². The van der Waals surface area contributed by atoms with E-state index in [1.54, 1.807) is 7.11 Å². The number of methoxy groups -OCH3 is 1. The van der Waals surface area contributed by atoms with Gasteiger partial charge in [-0.25, -0.2) is 0 Å². The largest absolute Gasteiger partial charge is 0.382 e. The van der Waals surface area contributed by atoms with Crippen LogP contribution in [0.5, 0.6) is 0 Å². The molecule has 1 unspecified atom stereocenters. The molecular weight excluding hydrogens is 297 g/mol. The second-order valence-electron chi connectivity index (χ2n) is 4.57. The van der Waals surface area contributed by atoms with Crippen LogP contribution < -0.4 is 5.32 Å². The lowest BCUT2D eigenvalue weighted by Crippen LogP contribution is -2.32. The van der Waals surface area contributed by atoms with Crippen molar-refractivity contribution in [3.8, 4) is 0 Å². The van der Waals surface area contributed by atoms with Gasteiger partial charge in [0.25, 0.3) is 0 Å². The zero-order valence-electron chi connectivity index (χ0n) is 12.1. The van der Waals surface area contributed by atoms with Gasteiger partial charge in [0.1, 0.15) is 0 Å². The van der Waals surface area contributed by atoms with Gasteiger partial charge in [-0.2, -0.15) is 0 Å². The van der Waals surface area contributed by atoms with Crippen LogP contribution in [-0.2, 0) is 15.9 Å². The summed E-state index contributed by atoms with van der Waals surface area (Å²) in [5.41, 5.74) is 1.07. The molecule has 1 aromatic rings. The highest BCUT2D eigenvalue weighted by molar-refractivity contribution is 6.42. The smallest absolute Gasteiger partial charge is 0.0700 e. The van der Waals surface area contributed by atoms with E-state index < -0.39 is 0 Å². The van der Waals surface area contributed by atoms with Crippen LogP contribution in [0.3, 0.4) is 0 Å². The fraction of sp³-hybridized carbons (Fsp3) is 0.600. The Hall–Kier alpha value is -0.320. The molecule has 3 nitrogen and oxygen atoms in total. The second-order valence-corrected chi connectivity index (χ2v) is 5.35. The van der Waals surface area contributed by atoms with Crippen molar-refractivity contribution in [1.29, 1.82) is 0 Å². The van der Waals surface area contributed by atoms with Crippen LogP contribution in [0.2, 0.25) is 10.0 Å². The molecule has 114 valence electrons. The van der Waals surface area contributed by atoms with Crippen LogP contribution in [0, 0.1) is 0 Å². The Morgan fingerprint density at radius 3 is 2.70 bits per heavy atom. The van der Waals surface area contributed by atoms with Gasteiger partial charge in [-0.15, -0.1) is 0 Å². The number of hydrogen-bond donors (Lipinski definition) is 1. The predicted octanol–water partition coefficient (Wildman–Crippen LogP) is 3.57. The van der Waals surface area contributed by atoms with Gasteiger partial charge >= 0.3 is 0 Å². The Balaban J connectivity index is 2.47. The van der Waals surface area contributed by atoms with Crippen LogP contribution in [-0.4, -0.2) is 39.5 Å². The molecule has 1 N–H and O–H groups in total. The van der Waals surface area contributed by atoms with Gasteiger partial charge in [0.2, 0.25) is 0 Å². The topological polar surface area (TPSA) is 30.5 Å². The molecule has 0 saturated heterocycles. The molecule has 1 atom stereocenters. The zero-order chi connectivity index (χ0) is 14.8. The van der Waals surface area contributed by atoms with Crippen LogP contribution in [0.25, 0.3) is 0 Å². The summed E-state index contributed by atoms with van der Waals surface area (Å²) in [6.07, 6.45) is 1.78. The molecule has 0 saturated carbocycles. The van der Waals surface area contributed by atoms with Crippen LogP contribution >= 0.6 is 23.2 Å². The van der Waals surface area contributed by atoms with Crippen molar-refractivity contribution >= 4 is 23.2 Å². The Morgan fingerprint density at radius 2 is 2.00 bits per heavy atom. The fourth-order valence-electron chi connectivity index (χ4n) is 2.01. The molecule has 0 aliphatic carbocycles. The van der Waals surface area contributed by atoms with E-state index in [9.17, 15) is 0 Å². The lowest BCUT2D eigenvalue weighted by molar-refractivity contribution is 0.0659. The number of hydrogen-bond acceptors (Lipinski definition) is 3. The SMILES string of the molecule is CCNC(CCOCCOC)Cc1cccc(Cl)c1Cl. The molecule has 1 rings (SSSR count). The first-order valence-electron chi connectivity index (χ1n) is 6.92. The number of likely N-dealkylation sites (N-methyl/N-ethyl adjacent to an activating group) is 1. The van der Waals surface area contributed by atoms with E-state index in [1.165, 1.54) is 0 Å². The molecule has 1 aromatic carbocycles. The zero-order valence-corrected chi connectivity index (χ0v) is 13.6. The predicted molar refractivity (Wildman–Crippen MR) is 84.9 cm³/mol. The van der Waals surface area contributed by atoms with Gasteiger partial charge in [0.15, 0.2) is 0 Å². The molecule has 0 amide bonds. The summed E-state index contributed by atoms with van der Waals surface area (Å²) >= 11 is 12.3. The number of ether oxygens (including phenoxy) is 2. The Morgan fingerprint density at radius 1 is 1.20 bits per heavy atom. The number of halogens is 2. The third-order valence-corrected chi connectivity index (χ3v) is 3.89. The molecule has 0 heterocycles. The molecule has 5 heteroatoms. The van der Waals surface area contributed by atoms with Crippen LogP contribution in [0.4, 0.5) is 0 Å². The highest BCUT2D eigenvalue weighted by Crippen LogP contribution is 2.26. The Labute approximate surface area is 131 Å². The van der Waals surface area contributed by atoms with Crippen molar-refractivity contribution in [2.75, 3.05) is 33.5 Å². The molecule has 0 spiro atoms. The van der Waals surface area contributed by atoms with E-state index in [0.717, 1.165) is 24.9 Å². The van der Waals surface area contributed by atoms with E-state index in [2.05, 4.69) is 12.2 Å². The number of rotatable bonds is 10. The lowest BCUT2D eigenvalue weighted by Gasteiger charge is -2.19. The number of benzene rings is 1. The molecule has 20 heavy (non-hydrogen) atoms. The van der Waals surface area contributed by atoms with E-state index in [-0.39, 0.29) is 0 Å². The molecule has 0 bridgehead atoms. The molecule has 0 radical (unpaired) electrons. The highest BCUT2D eigenvalue weighted by Gasteiger charge is 2.12. The summed E-state index contributed by atoms with van der Waals surface area (Å²) < 4.78 is 10.5. The summed E-state index contributed by atoms with van der Waals surface area (Å²) in [6.45, 7) is 4.98. The Bertz CT molecular complexity index is 388. The first kappa shape index (κ1) is 17.7. The number of nitrogens with one attached hydrogen (secondary N) is 1. The fourth-order valence-corrected chi connectivity index (χ4v) is 2.40. The van der Waals surface area contributed by atoms with Gasteiger partial charge in [-0.3, -0.25) is 0 Å². The average molecular weight is 320 g/mol. The maximum Gasteiger partial charge on any atom is 0.0700 e. The highest BCUT2D eigenvalue weighted by atomic mass is 35.5. The molecule has 0 aliphatic rings. The molecular formula is C15H23Cl2NO2.